The molecule has 28 heavy (non-hydrogen) atoms. The van der Waals surface area contributed by atoms with Crippen molar-refractivity contribution in [2.24, 2.45) is 0 Å². The molecule has 0 aliphatic carbocycles. The normalized spacial score (nSPS) is 11.6. The minimum Gasteiger partial charge on any atom is -0.497 e. The summed E-state index contributed by atoms with van der Waals surface area (Å²) >= 11 is 0. The van der Waals surface area contributed by atoms with Gasteiger partial charge >= 0.3 is 0 Å². The van der Waals surface area contributed by atoms with Crippen molar-refractivity contribution in [3.8, 4) is 28.6 Å². The Hall–Kier alpha value is -3.55. The monoisotopic (exact) mass is 383 g/mol. The lowest BCUT2D eigenvalue weighted by Crippen LogP contribution is -2.26. The minimum absolute atomic E-state index is 0.249. The van der Waals surface area contributed by atoms with Crippen molar-refractivity contribution in [2.45, 2.75) is 13.0 Å². The average Bonchev–Trinajstić information content (AvgIpc) is 3.23. The van der Waals surface area contributed by atoms with Crippen LogP contribution in [0, 0.1) is 0 Å². The zero-order chi connectivity index (χ0) is 20.1. The highest BCUT2D eigenvalue weighted by molar-refractivity contribution is 5.94. The largest absolute Gasteiger partial charge is 0.497 e. The fourth-order valence-corrected chi connectivity index (χ4v) is 2.59. The summed E-state index contributed by atoms with van der Waals surface area (Å²) in [6.45, 7) is 1.77. The van der Waals surface area contributed by atoms with E-state index in [1.807, 2.05) is 0 Å². The fraction of sp³-hybridized carbons (Fsp3) is 0.250. The summed E-state index contributed by atoms with van der Waals surface area (Å²) in [5.41, 5.74) is 1.22. The quantitative estimate of drug-likeness (QED) is 0.669. The number of carbonyl (C=O) groups excluding carboxylic acids is 1. The maximum Gasteiger partial charge on any atom is 0.251 e. The van der Waals surface area contributed by atoms with Gasteiger partial charge in [-0.05, 0) is 49.4 Å². The molecule has 0 radical (unpaired) electrons. The molecular weight excluding hydrogens is 362 g/mol. The number of aromatic nitrogens is 2. The summed E-state index contributed by atoms with van der Waals surface area (Å²) < 4.78 is 20.9. The summed E-state index contributed by atoms with van der Waals surface area (Å²) in [5, 5.41) is 6.83. The van der Waals surface area contributed by atoms with Crippen LogP contribution in [-0.2, 0) is 0 Å². The van der Waals surface area contributed by atoms with E-state index in [9.17, 15) is 4.79 Å². The number of nitrogens with zero attached hydrogens (tertiary/aromatic N) is 2. The molecule has 2 aromatic carbocycles. The lowest BCUT2D eigenvalue weighted by molar-refractivity contribution is 0.0932. The highest BCUT2D eigenvalue weighted by Crippen LogP contribution is 2.31. The molecule has 1 atom stereocenters. The van der Waals surface area contributed by atoms with Gasteiger partial charge in [-0.3, -0.25) is 4.79 Å². The highest BCUT2D eigenvalue weighted by Gasteiger charge is 2.19. The van der Waals surface area contributed by atoms with E-state index >= 15 is 0 Å². The molecule has 0 saturated carbocycles. The first-order valence-corrected chi connectivity index (χ1v) is 8.56. The predicted molar refractivity (Wildman–Crippen MR) is 102 cm³/mol. The molecule has 0 bridgehead atoms. The average molecular weight is 383 g/mol. The zero-order valence-corrected chi connectivity index (χ0v) is 16.1. The molecular formula is C20H21N3O5. The predicted octanol–water partition coefficient (Wildman–Crippen LogP) is 3.25. The number of ether oxygens (including phenoxy) is 3. The molecule has 0 aliphatic rings. The number of methoxy groups -OCH3 is 3. The summed E-state index contributed by atoms with van der Waals surface area (Å²) in [4.78, 5) is 16.8. The third kappa shape index (κ3) is 4.06. The molecule has 0 fully saturated rings. The second kappa shape index (κ2) is 8.43. The lowest BCUT2D eigenvalue weighted by atomic mass is 10.2. The van der Waals surface area contributed by atoms with E-state index in [1.165, 1.54) is 0 Å². The van der Waals surface area contributed by atoms with Crippen LogP contribution in [0.1, 0.15) is 29.2 Å². The number of rotatable bonds is 7. The lowest BCUT2D eigenvalue weighted by Gasteiger charge is -2.10. The minimum atomic E-state index is -0.462. The maximum atomic E-state index is 12.4. The smallest absolute Gasteiger partial charge is 0.251 e. The van der Waals surface area contributed by atoms with E-state index < -0.39 is 6.04 Å². The van der Waals surface area contributed by atoms with Gasteiger partial charge in [-0.15, -0.1) is 0 Å². The van der Waals surface area contributed by atoms with Gasteiger partial charge in [-0.1, -0.05) is 5.16 Å². The molecule has 3 aromatic rings. The van der Waals surface area contributed by atoms with Crippen LogP contribution >= 0.6 is 0 Å². The van der Waals surface area contributed by atoms with Gasteiger partial charge in [0.1, 0.15) is 11.8 Å². The van der Waals surface area contributed by atoms with Crippen LogP contribution in [0.15, 0.2) is 47.0 Å². The molecule has 1 amide bonds. The van der Waals surface area contributed by atoms with E-state index in [4.69, 9.17) is 18.7 Å². The third-order valence-corrected chi connectivity index (χ3v) is 4.15. The van der Waals surface area contributed by atoms with Crippen LogP contribution in [0.2, 0.25) is 0 Å². The first-order valence-electron chi connectivity index (χ1n) is 8.56. The summed E-state index contributed by atoms with van der Waals surface area (Å²) in [6.07, 6.45) is 0. The van der Waals surface area contributed by atoms with Crippen LogP contribution in [-0.4, -0.2) is 37.4 Å². The van der Waals surface area contributed by atoms with E-state index in [-0.39, 0.29) is 5.91 Å². The van der Waals surface area contributed by atoms with Crippen LogP contribution in [0.25, 0.3) is 11.4 Å². The number of benzene rings is 2. The van der Waals surface area contributed by atoms with Crippen LogP contribution in [0.5, 0.6) is 17.2 Å². The number of hydrogen-bond acceptors (Lipinski definition) is 7. The summed E-state index contributed by atoms with van der Waals surface area (Å²) in [6, 6.07) is 11.7. The Morgan fingerprint density at radius 1 is 1.00 bits per heavy atom. The highest BCUT2D eigenvalue weighted by atomic mass is 16.5. The molecule has 8 heteroatoms. The molecule has 0 aliphatic heterocycles. The van der Waals surface area contributed by atoms with Gasteiger partial charge in [0.15, 0.2) is 11.5 Å². The van der Waals surface area contributed by atoms with Crippen molar-refractivity contribution in [1.29, 1.82) is 0 Å². The fourth-order valence-electron chi connectivity index (χ4n) is 2.59. The van der Waals surface area contributed by atoms with Gasteiger partial charge < -0.3 is 24.1 Å². The second-order valence-corrected chi connectivity index (χ2v) is 5.95. The molecule has 1 heterocycles. The number of carbonyl (C=O) groups is 1. The first-order chi connectivity index (χ1) is 13.5. The topological polar surface area (TPSA) is 95.7 Å². The number of nitrogens with one attached hydrogen (secondary N) is 1. The molecule has 1 aromatic heterocycles. The van der Waals surface area contributed by atoms with Crippen LogP contribution in [0.3, 0.4) is 0 Å². The van der Waals surface area contributed by atoms with Gasteiger partial charge in [0.05, 0.1) is 21.3 Å². The van der Waals surface area contributed by atoms with Gasteiger partial charge in [0, 0.05) is 11.1 Å². The zero-order valence-electron chi connectivity index (χ0n) is 16.1. The molecule has 3 rings (SSSR count). The number of amides is 1. The second-order valence-electron chi connectivity index (χ2n) is 5.95. The van der Waals surface area contributed by atoms with E-state index in [1.54, 1.807) is 70.7 Å². The molecule has 8 nitrogen and oxygen atoms in total. The van der Waals surface area contributed by atoms with Crippen molar-refractivity contribution >= 4 is 5.91 Å². The molecule has 0 unspecified atom stereocenters. The maximum absolute atomic E-state index is 12.4. The molecule has 0 saturated heterocycles. The van der Waals surface area contributed by atoms with E-state index in [2.05, 4.69) is 15.5 Å². The summed E-state index contributed by atoms with van der Waals surface area (Å²) in [7, 11) is 4.69. The molecule has 0 spiro atoms. The van der Waals surface area contributed by atoms with Crippen LogP contribution < -0.4 is 19.5 Å². The van der Waals surface area contributed by atoms with Crippen molar-refractivity contribution < 1.29 is 23.5 Å². The van der Waals surface area contributed by atoms with Gasteiger partial charge in [0.25, 0.3) is 5.91 Å². The van der Waals surface area contributed by atoms with Gasteiger partial charge in [0.2, 0.25) is 11.7 Å². The SMILES string of the molecule is COc1ccc(C(=O)N[C@H](C)c2nc(-c3ccc(OC)c(OC)c3)no2)cc1. The van der Waals surface area contributed by atoms with Crippen molar-refractivity contribution in [3.63, 3.8) is 0 Å². The van der Waals surface area contributed by atoms with Crippen LogP contribution in [0.4, 0.5) is 0 Å². The van der Waals surface area contributed by atoms with Crippen molar-refractivity contribution in [3.05, 3.63) is 53.9 Å². The Morgan fingerprint density at radius 3 is 2.36 bits per heavy atom. The Kier molecular flexibility index (Phi) is 5.78. The molecule has 146 valence electrons. The Labute approximate surface area is 162 Å². The van der Waals surface area contributed by atoms with E-state index in [0.717, 1.165) is 0 Å². The third-order valence-electron chi connectivity index (χ3n) is 4.15. The Morgan fingerprint density at radius 2 is 1.71 bits per heavy atom. The Bertz CT molecular complexity index is 953. The Balaban J connectivity index is 1.73. The van der Waals surface area contributed by atoms with Gasteiger partial charge in [-0.2, -0.15) is 4.98 Å². The first kappa shape index (κ1) is 19.2. The van der Waals surface area contributed by atoms with Crippen molar-refractivity contribution in [1.82, 2.24) is 15.5 Å². The van der Waals surface area contributed by atoms with E-state index in [0.29, 0.717) is 40.1 Å². The van der Waals surface area contributed by atoms with Gasteiger partial charge in [-0.25, -0.2) is 0 Å². The molecule has 1 N–H and O–H groups in total. The standard InChI is InChI=1S/C20H21N3O5/c1-12(21-19(24)13-5-8-15(25-2)9-6-13)20-22-18(23-28-20)14-7-10-16(26-3)17(11-14)27-4/h5-12H,1-4H3,(H,21,24)/t12-/m1/s1. The summed E-state index contributed by atoms with van der Waals surface area (Å²) in [5.74, 6) is 2.29. The number of hydrogen-bond donors (Lipinski definition) is 1. The van der Waals surface area contributed by atoms with Crippen molar-refractivity contribution in [2.75, 3.05) is 21.3 Å².